The lowest BCUT2D eigenvalue weighted by atomic mass is 9.73. The number of likely N-dealkylation sites (tertiary alicyclic amines) is 1. The van der Waals surface area contributed by atoms with E-state index in [2.05, 4.69) is 24.3 Å². The van der Waals surface area contributed by atoms with E-state index >= 15 is 0 Å². The molecule has 1 aliphatic carbocycles. The number of hydrogen-bond acceptors (Lipinski definition) is 4. The summed E-state index contributed by atoms with van der Waals surface area (Å²) in [6.45, 7) is 1.64. The van der Waals surface area contributed by atoms with Crippen molar-refractivity contribution in [2.45, 2.75) is 37.0 Å². The Morgan fingerprint density at radius 3 is 2.58 bits per heavy atom. The van der Waals surface area contributed by atoms with Crippen molar-refractivity contribution in [3.63, 3.8) is 0 Å². The highest BCUT2D eigenvalue weighted by Crippen LogP contribution is 2.52. The Balaban J connectivity index is 1.32. The van der Waals surface area contributed by atoms with Gasteiger partial charge in [0.1, 0.15) is 0 Å². The molecule has 3 aliphatic rings. The Kier molecular flexibility index (Phi) is 4.88. The Bertz CT molecular complexity index is 1020. The van der Waals surface area contributed by atoms with Gasteiger partial charge in [0.25, 0.3) is 5.91 Å². The highest BCUT2D eigenvalue weighted by atomic mass is 16.7. The van der Waals surface area contributed by atoms with Crippen LogP contribution >= 0.6 is 0 Å². The van der Waals surface area contributed by atoms with Crippen molar-refractivity contribution >= 4 is 11.8 Å². The molecule has 1 atom stereocenters. The number of piperidine rings is 1. The number of amides is 2. The maximum atomic E-state index is 13.1. The summed E-state index contributed by atoms with van der Waals surface area (Å²) in [6, 6.07) is 14.0. The van der Waals surface area contributed by atoms with Crippen LogP contribution in [0.25, 0.3) is 0 Å². The van der Waals surface area contributed by atoms with E-state index in [1.165, 1.54) is 11.1 Å². The molecule has 6 nitrogen and oxygen atoms in total. The Hall–Kier alpha value is -3.02. The SMILES string of the molecule is CN(C)C(=O)CC1CC2(CCN(C(=O)c3ccc4c(c3)OCO4)CC2)c2ccccc21. The van der Waals surface area contributed by atoms with Gasteiger partial charge < -0.3 is 19.3 Å². The van der Waals surface area contributed by atoms with Crippen molar-refractivity contribution < 1.29 is 19.1 Å². The molecule has 1 unspecified atom stereocenters. The summed E-state index contributed by atoms with van der Waals surface area (Å²) in [7, 11) is 3.64. The molecular formula is C25H28N2O4. The van der Waals surface area contributed by atoms with Gasteiger partial charge in [-0.2, -0.15) is 0 Å². The van der Waals surface area contributed by atoms with Crippen molar-refractivity contribution in [2.75, 3.05) is 34.0 Å². The zero-order valence-electron chi connectivity index (χ0n) is 18.1. The molecule has 2 amide bonds. The monoisotopic (exact) mass is 420 g/mol. The summed E-state index contributed by atoms with van der Waals surface area (Å²) in [5.41, 5.74) is 3.39. The van der Waals surface area contributed by atoms with E-state index in [-0.39, 0.29) is 29.9 Å². The van der Waals surface area contributed by atoms with Gasteiger partial charge in [0, 0.05) is 39.2 Å². The molecule has 0 radical (unpaired) electrons. The van der Waals surface area contributed by atoms with Gasteiger partial charge in [0.15, 0.2) is 11.5 Å². The molecule has 31 heavy (non-hydrogen) atoms. The third-order valence-corrected chi connectivity index (χ3v) is 7.16. The van der Waals surface area contributed by atoms with Gasteiger partial charge in [0.2, 0.25) is 12.7 Å². The summed E-state index contributed by atoms with van der Waals surface area (Å²) < 4.78 is 10.8. The van der Waals surface area contributed by atoms with Gasteiger partial charge in [-0.15, -0.1) is 0 Å². The molecule has 0 bridgehead atoms. The second kappa shape index (κ2) is 7.59. The minimum absolute atomic E-state index is 0.0405. The topological polar surface area (TPSA) is 59.1 Å². The van der Waals surface area contributed by atoms with Crippen LogP contribution in [0, 0.1) is 0 Å². The minimum atomic E-state index is 0.0405. The maximum absolute atomic E-state index is 13.1. The van der Waals surface area contributed by atoms with Gasteiger partial charge in [-0.1, -0.05) is 24.3 Å². The van der Waals surface area contributed by atoms with Crippen LogP contribution in [0.4, 0.5) is 0 Å². The predicted octanol–water partition coefficient (Wildman–Crippen LogP) is 3.55. The van der Waals surface area contributed by atoms with E-state index in [9.17, 15) is 9.59 Å². The first kappa shape index (κ1) is 19.9. The lowest BCUT2D eigenvalue weighted by molar-refractivity contribution is -0.129. The molecule has 0 aromatic heterocycles. The van der Waals surface area contributed by atoms with E-state index in [1.54, 1.807) is 17.0 Å². The zero-order valence-corrected chi connectivity index (χ0v) is 18.1. The first-order chi connectivity index (χ1) is 15.0. The fraction of sp³-hybridized carbons (Fsp3) is 0.440. The third-order valence-electron chi connectivity index (χ3n) is 7.16. The van der Waals surface area contributed by atoms with E-state index in [4.69, 9.17) is 9.47 Å². The van der Waals surface area contributed by atoms with Crippen molar-refractivity contribution in [3.05, 3.63) is 59.2 Å². The summed E-state index contributed by atoms with van der Waals surface area (Å²) in [4.78, 5) is 29.2. The molecule has 1 spiro atoms. The molecule has 1 fully saturated rings. The summed E-state index contributed by atoms with van der Waals surface area (Å²) in [5.74, 6) is 1.79. The normalized spacial score (nSPS) is 20.6. The zero-order chi connectivity index (χ0) is 21.6. The highest BCUT2D eigenvalue weighted by Gasteiger charge is 2.46. The van der Waals surface area contributed by atoms with Gasteiger partial charge in [-0.3, -0.25) is 9.59 Å². The lowest BCUT2D eigenvalue weighted by Crippen LogP contribution is -2.44. The summed E-state index contributed by atoms with van der Waals surface area (Å²) in [5, 5.41) is 0. The third kappa shape index (κ3) is 3.44. The number of nitrogens with zero attached hydrogens (tertiary/aromatic N) is 2. The van der Waals surface area contributed by atoms with Crippen LogP contribution in [0.5, 0.6) is 11.5 Å². The van der Waals surface area contributed by atoms with Crippen LogP contribution in [0.15, 0.2) is 42.5 Å². The number of benzene rings is 2. The Morgan fingerprint density at radius 2 is 1.81 bits per heavy atom. The number of rotatable bonds is 3. The average Bonchev–Trinajstić information content (AvgIpc) is 3.37. The molecule has 6 heteroatoms. The molecule has 0 N–H and O–H groups in total. The minimum Gasteiger partial charge on any atom is -0.454 e. The van der Waals surface area contributed by atoms with Crippen LogP contribution in [0.1, 0.15) is 53.1 Å². The number of fused-ring (bicyclic) bond motifs is 3. The predicted molar refractivity (Wildman–Crippen MR) is 116 cm³/mol. The van der Waals surface area contributed by atoms with Crippen LogP contribution in [-0.4, -0.2) is 55.6 Å². The second-order valence-corrected chi connectivity index (χ2v) is 9.12. The van der Waals surface area contributed by atoms with Gasteiger partial charge in [-0.25, -0.2) is 0 Å². The van der Waals surface area contributed by atoms with Crippen molar-refractivity contribution in [1.82, 2.24) is 9.80 Å². The molecule has 1 saturated heterocycles. The van der Waals surface area contributed by atoms with Gasteiger partial charge >= 0.3 is 0 Å². The molecule has 2 heterocycles. The van der Waals surface area contributed by atoms with Crippen molar-refractivity contribution in [1.29, 1.82) is 0 Å². The van der Waals surface area contributed by atoms with Gasteiger partial charge in [-0.05, 0) is 59.9 Å². The maximum Gasteiger partial charge on any atom is 0.253 e. The molecule has 0 saturated carbocycles. The standard InChI is InChI=1S/C25H28N2O4/c1-26(2)23(28)14-18-15-25(20-6-4-3-5-19(18)20)9-11-27(12-10-25)24(29)17-7-8-21-22(13-17)31-16-30-21/h3-8,13,18H,9-12,14-16H2,1-2H3. The van der Waals surface area contributed by atoms with E-state index < -0.39 is 0 Å². The number of carbonyl (C=O) groups is 2. The molecule has 162 valence electrons. The molecule has 5 rings (SSSR count). The Morgan fingerprint density at radius 1 is 1.06 bits per heavy atom. The van der Waals surface area contributed by atoms with Crippen LogP contribution in [0.3, 0.4) is 0 Å². The van der Waals surface area contributed by atoms with E-state index in [0.717, 1.165) is 32.4 Å². The quantitative estimate of drug-likeness (QED) is 0.762. The molecular weight excluding hydrogens is 392 g/mol. The Labute approximate surface area is 182 Å². The first-order valence-electron chi connectivity index (χ1n) is 11.0. The smallest absolute Gasteiger partial charge is 0.253 e. The van der Waals surface area contributed by atoms with Gasteiger partial charge in [0.05, 0.1) is 0 Å². The number of ether oxygens (including phenoxy) is 2. The number of carbonyl (C=O) groups excluding carboxylic acids is 2. The fourth-order valence-corrected chi connectivity index (χ4v) is 5.43. The van der Waals surface area contributed by atoms with Crippen molar-refractivity contribution in [3.8, 4) is 11.5 Å². The summed E-state index contributed by atoms with van der Waals surface area (Å²) in [6.07, 6.45) is 3.38. The summed E-state index contributed by atoms with van der Waals surface area (Å²) >= 11 is 0. The van der Waals surface area contributed by atoms with Crippen molar-refractivity contribution in [2.24, 2.45) is 0 Å². The second-order valence-electron chi connectivity index (χ2n) is 9.12. The number of hydrogen-bond donors (Lipinski definition) is 0. The van der Waals surface area contributed by atoms with E-state index in [1.807, 2.05) is 25.1 Å². The van der Waals surface area contributed by atoms with Crippen LogP contribution < -0.4 is 9.47 Å². The lowest BCUT2D eigenvalue weighted by Gasteiger charge is -2.40. The average molecular weight is 421 g/mol. The largest absolute Gasteiger partial charge is 0.454 e. The molecule has 2 aromatic carbocycles. The molecule has 2 aromatic rings. The first-order valence-corrected chi connectivity index (χ1v) is 11.0. The fourth-order valence-electron chi connectivity index (χ4n) is 5.43. The van der Waals surface area contributed by atoms with E-state index in [0.29, 0.717) is 23.5 Å². The van der Waals surface area contributed by atoms with Crippen LogP contribution in [0.2, 0.25) is 0 Å². The highest BCUT2D eigenvalue weighted by molar-refractivity contribution is 5.95. The molecule has 2 aliphatic heterocycles. The van der Waals surface area contributed by atoms with Crippen LogP contribution in [-0.2, 0) is 10.2 Å².